The number of pyridine rings is 1. The number of anilines is 1. The lowest BCUT2D eigenvalue weighted by atomic mass is 9.99. The molecule has 1 atom stereocenters. The molecule has 0 unspecified atom stereocenters. The topological polar surface area (TPSA) is 104 Å². The molecule has 4 N–H and O–H groups in total. The van der Waals surface area contributed by atoms with Crippen LogP contribution in [0.2, 0.25) is 5.15 Å². The molecule has 1 aromatic heterocycles. The maximum Gasteiger partial charge on any atom is 0.319 e. The highest BCUT2D eigenvalue weighted by Gasteiger charge is 2.13. The number of rotatable bonds is 7. The average Bonchev–Trinajstić information content (AvgIpc) is 2.60. The third kappa shape index (κ3) is 5.51. The number of aliphatic hydroxyl groups excluding tert-OH is 1. The van der Waals surface area contributed by atoms with Crippen molar-refractivity contribution < 1.29 is 19.7 Å². The van der Waals surface area contributed by atoms with Crippen LogP contribution < -0.4 is 15.4 Å². The average molecular weight is 366 g/mol. The Morgan fingerprint density at radius 3 is 2.84 bits per heavy atom. The molecular weight excluding hydrogens is 346 g/mol. The van der Waals surface area contributed by atoms with Crippen LogP contribution >= 0.6 is 11.6 Å². The van der Waals surface area contributed by atoms with Crippen molar-refractivity contribution in [3.8, 4) is 11.5 Å². The Morgan fingerprint density at radius 1 is 1.40 bits per heavy atom. The molecule has 7 nitrogen and oxygen atoms in total. The Bertz CT molecular complexity index is 727. The van der Waals surface area contributed by atoms with Crippen LogP contribution in [0.5, 0.6) is 11.5 Å². The van der Waals surface area contributed by atoms with Crippen LogP contribution in [0, 0.1) is 5.92 Å². The van der Waals surface area contributed by atoms with Gasteiger partial charge in [0, 0.05) is 25.3 Å². The normalized spacial score (nSPS) is 11.6. The van der Waals surface area contributed by atoms with Gasteiger partial charge in [-0.25, -0.2) is 9.78 Å². The molecule has 2 aromatic rings. The zero-order chi connectivity index (χ0) is 18.2. The molecular formula is C17H20ClN3O4. The van der Waals surface area contributed by atoms with Gasteiger partial charge in [0.15, 0.2) is 16.7 Å². The van der Waals surface area contributed by atoms with Crippen LogP contribution in [0.15, 0.2) is 36.5 Å². The van der Waals surface area contributed by atoms with Crippen molar-refractivity contribution in [1.82, 2.24) is 10.3 Å². The number of halogens is 1. The van der Waals surface area contributed by atoms with Gasteiger partial charge in [0.25, 0.3) is 0 Å². The number of carbonyl (C=O) groups excluding carboxylic acids is 1. The lowest BCUT2D eigenvalue weighted by molar-refractivity contribution is 0.218. The molecule has 1 aromatic carbocycles. The molecule has 0 bridgehead atoms. The second kappa shape index (κ2) is 9.10. The van der Waals surface area contributed by atoms with Crippen LogP contribution in [0.1, 0.15) is 5.56 Å². The van der Waals surface area contributed by atoms with Gasteiger partial charge >= 0.3 is 6.03 Å². The van der Waals surface area contributed by atoms with Gasteiger partial charge in [0.1, 0.15) is 0 Å². The van der Waals surface area contributed by atoms with Crippen LogP contribution in [-0.2, 0) is 6.42 Å². The van der Waals surface area contributed by atoms with Crippen LogP contribution in [-0.4, -0.2) is 41.5 Å². The smallest absolute Gasteiger partial charge is 0.319 e. The number of methoxy groups -OCH3 is 1. The molecule has 2 rings (SSSR count). The summed E-state index contributed by atoms with van der Waals surface area (Å²) in [4.78, 5) is 15.8. The summed E-state index contributed by atoms with van der Waals surface area (Å²) >= 11 is 5.88. The Labute approximate surface area is 150 Å². The van der Waals surface area contributed by atoms with Crippen molar-refractivity contribution in [3.63, 3.8) is 0 Å². The molecule has 0 saturated carbocycles. The Morgan fingerprint density at radius 2 is 2.20 bits per heavy atom. The molecule has 0 aliphatic heterocycles. The fourth-order valence-electron chi connectivity index (χ4n) is 2.28. The highest BCUT2D eigenvalue weighted by atomic mass is 35.5. The number of nitrogens with one attached hydrogen (secondary N) is 2. The first-order valence-corrected chi connectivity index (χ1v) is 8.03. The van der Waals surface area contributed by atoms with Crippen molar-refractivity contribution >= 4 is 23.3 Å². The fraction of sp³-hybridized carbons (Fsp3) is 0.294. The number of nitrogens with zero attached hydrogens (tertiary/aromatic N) is 1. The molecule has 8 heteroatoms. The number of phenols is 1. The van der Waals surface area contributed by atoms with Gasteiger partial charge in [-0.15, -0.1) is 0 Å². The zero-order valence-corrected chi connectivity index (χ0v) is 14.5. The molecule has 25 heavy (non-hydrogen) atoms. The van der Waals surface area contributed by atoms with Crippen molar-refractivity contribution in [3.05, 3.63) is 47.2 Å². The van der Waals surface area contributed by atoms with Crippen molar-refractivity contribution in [2.45, 2.75) is 6.42 Å². The summed E-state index contributed by atoms with van der Waals surface area (Å²) in [7, 11) is 1.47. The first-order valence-electron chi connectivity index (χ1n) is 7.65. The van der Waals surface area contributed by atoms with Gasteiger partial charge in [-0.1, -0.05) is 17.7 Å². The Kier molecular flexibility index (Phi) is 6.85. The van der Waals surface area contributed by atoms with E-state index in [4.69, 9.17) is 16.3 Å². The molecule has 0 radical (unpaired) electrons. The lowest BCUT2D eigenvalue weighted by Gasteiger charge is -2.16. The van der Waals surface area contributed by atoms with E-state index in [1.54, 1.807) is 30.3 Å². The maximum absolute atomic E-state index is 11.9. The fourth-order valence-corrected chi connectivity index (χ4v) is 2.45. The van der Waals surface area contributed by atoms with E-state index >= 15 is 0 Å². The number of hydrogen-bond donors (Lipinski definition) is 4. The molecule has 0 aliphatic rings. The third-order valence-electron chi connectivity index (χ3n) is 3.58. The summed E-state index contributed by atoms with van der Waals surface area (Å²) in [5, 5.41) is 24.8. The van der Waals surface area contributed by atoms with E-state index in [1.165, 1.54) is 13.3 Å². The zero-order valence-electron chi connectivity index (χ0n) is 13.7. The number of benzene rings is 1. The van der Waals surface area contributed by atoms with Gasteiger partial charge in [0.2, 0.25) is 0 Å². The van der Waals surface area contributed by atoms with Gasteiger partial charge in [-0.2, -0.15) is 0 Å². The molecule has 1 heterocycles. The van der Waals surface area contributed by atoms with E-state index in [0.29, 0.717) is 17.9 Å². The van der Waals surface area contributed by atoms with E-state index in [0.717, 1.165) is 5.56 Å². The number of urea groups is 1. The summed E-state index contributed by atoms with van der Waals surface area (Å²) in [5.74, 6) is 0.215. The van der Waals surface area contributed by atoms with E-state index in [2.05, 4.69) is 15.6 Å². The van der Waals surface area contributed by atoms with Gasteiger partial charge in [-0.3, -0.25) is 0 Å². The largest absolute Gasteiger partial charge is 0.504 e. The van der Waals surface area contributed by atoms with E-state index in [-0.39, 0.29) is 30.0 Å². The molecule has 134 valence electrons. The first kappa shape index (κ1) is 18.8. The van der Waals surface area contributed by atoms with E-state index in [9.17, 15) is 15.0 Å². The number of hydrogen-bond acceptors (Lipinski definition) is 5. The Hall–Kier alpha value is -2.51. The quantitative estimate of drug-likeness (QED) is 0.564. The molecule has 0 fully saturated rings. The van der Waals surface area contributed by atoms with Crippen LogP contribution in [0.4, 0.5) is 10.5 Å². The monoisotopic (exact) mass is 365 g/mol. The molecule has 0 aliphatic carbocycles. The van der Waals surface area contributed by atoms with Crippen LogP contribution in [0.3, 0.4) is 0 Å². The molecule has 0 spiro atoms. The maximum atomic E-state index is 11.9. The highest BCUT2D eigenvalue weighted by molar-refractivity contribution is 6.32. The first-order chi connectivity index (χ1) is 12.0. The second-order valence-corrected chi connectivity index (χ2v) is 5.79. The number of amides is 2. The van der Waals surface area contributed by atoms with Gasteiger partial charge in [-0.05, 0) is 36.2 Å². The SMILES string of the molecule is COc1ccc(C[C@H](CO)CNC(=O)Nc2cccnc2Cl)cc1O. The van der Waals surface area contributed by atoms with E-state index in [1.807, 2.05) is 0 Å². The summed E-state index contributed by atoms with van der Waals surface area (Å²) in [6.45, 7) is 0.147. The minimum Gasteiger partial charge on any atom is -0.504 e. The minimum atomic E-state index is -0.439. The van der Waals surface area contributed by atoms with Crippen molar-refractivity contribution in [2.24, 2.45) is 5.92 Å². The third-order valence-corrected chi connectivity index (χ3v) is 3.89. The minimum absolute atomic E-state index is 0.0358. The number of aliphatic hydroxyl groups is 1. The predicted octanol–water partition coefficient (Wildman–Crippen LogP) is 2.42. The number of carbonyl (C=O) groups is 1. The van der Waals surface area contributed by atoms with E-state index < -0.39 is 6.03 Å². The number of aromatic nitrogens is 1. The summed E-state index contributed by atoms with van der Waals surface area (Å²) in [5.41, 5.74) is 1.23. The number of aromatic hydroxyl groups is 1. The van der Waals surface area contributed by atoms with Gasteiger partial charge < -0.3 is 25.6 Å². The molecule has 0 saturated heterocycles. The summed E-state index contributed by atoms with van der Waals surface area (Å²) < 4.78 is 5.00. The number of ether oxygens (including phenoxy) is 1. The van der Waals surface area contributed by atoms with Crippen LogP contribution in [0.25, 0.3) is 0 Å². The standard InChI is InChI=1S/C17H20ClN3O4/c1-25-15-5-4-11(8-14(15)23)7-12(10-22)9-20-17(24)21-13-3-2-6-19-16(13)18/h2-6,8,12,22-23H,7,9-10H2,1H3,(H2,20,21,24)/t12-/m0/s1. The predicted molar refractivity (Wildman–Crippen MR) is 95.2 cm³/mol. The Balaban J connectivity index is 1.88. The second-order valence-electron chi connectivity index (χ2n) is 5.44. The summed E-state index contributed by atoms with van der Waals surface area (Å²) in [6, 6.07) is 7.90. The summed E-state index contributed by atoms with van der Waals surface area (Å²) in [6.07, 6.45) is 2.01. The lowest BCUT2D eigenvalue weighted by Crippen LogP contribution is -2.35. The molecule has 2 amide bonds. The van der Waals surface area contributed by atoms with Gasteiger partial charge in [0.05, 0.1) is 12.8 Å². The van der Waals surface area contributed by atoms with Crippen molar-refractivity contribution in [2.75, 3.05) is 25.6 Å². The van der Waals surface area contributed by atoms with Crippen molar-refractivity contribution in [1.29, 1.82) is 0 Å². The highest BCUT2D eigenvalue weighted by Crippen LogP contribution is 2.27. The number of phenolic OH excluding ortho intramolecular Hbond substituents is 1.